The average Bonchev–Trinajstić information content (AvgIpc) is 3.08. The molecule has 1 aromatic heterocycles. The number of nitrogens with one attached hydrogen (secondary N) is 1. The number of thiazole rings is 1. The maximum atomic E-state index is 5.23. The van der Waals surface area contributed by atoms with Crippen LogP contribution in [0.3, 0.4) is 0 Å². The number of aromatic nitrogens is 1. The first-order valence-electron chi connectivity index (χ1n) is 6.45. The van der Waals surface area contributed by atoms with Gasteiger partial charge >= 0.3 is 0 Å². The summed E-state index contributed by atoms with van der Waals surface area (Å²) in [4.78, 5) is 6.08. The Morgan fingerprint density at radius 2 is 2.29 bits per heavy atom. The summed E-state index contributed by atoms with van der Waals surface area (Å²) in [6.07, 6.45) is 3.81. The first-order valence-corrected chi connectivity index (χ1v) is 7.27. The molecule has 1 atom stereocenters. The second-order valence-electron chi connectivity index (χ2n) is 4.82. The van der Waals surface area contributed by atoms with Gasteiger partial charge in [0, 0.05) is 30.5 Å². The molecule has 0 radical (unpaired) electrons. The van der Waals surface area contributed by atoms with Crippen molar-refractivity contribution < 1.29 is 4.74 Å². The zero-order valence-corrected chi connectivity index (χ0v) is 11.8. The van der Waals surface area contributed by atoms with E-state index in [-0.39, 0.29) is 0 Å². The molecule has 1 heterocycles. The Kier molecular flexibility index (Phi) is 4.54. The molecule has 1 aliphatic carbocycles. The van der Waals surface area contributed by atoms with Crippen molar-refractivity contribution in [2.24, 2.45) is 0 Å². The van der Waals surface area contributed by atoms with Gasteiger partial charge in [-0.3, -0.25) is 0 Å². The van der Waals surface area contributed by atoms with E-state index in [1.165, 1.54) is 22.7 Å². The lowest BCUT2D eigenvalue weighted by Crippen LogP contribution is -2.15. The lowest BCUT2D eigenvalue weighted by Gasteiger charge is -2.02. The van der Waals surface area contributed by atoms with E-state index in [1.54, 1.807) is 7.11 Å². The minimum Gasteiger partial charge on any atom is -0.378 e. The van der Waals surface area contributed by atoms with Gasteiger partial charge in [-0.05, 0) is 19.3 Å². The quantitative estimate of drug-likeness (QED) is 0.812. The minimum atomic E-state index is 0.560. The highest BCUT2D eigenvalue weighted by atomic mass is 32.1. The van der Waals surface area contributed by atoms with Crippen molar-refractivity contribution in [3.8, 4) is 0 Å². The molecule has 1 unspecified atom stereocenters. The molecule has 0 spiro atoms. The van der Waals surface area contributed by atoms with E-state index >= 15 is 0 Å². The van der Waals surface area contributed by atoms with Crippen LogP contribution >= 0.6 is 11.3 Å². The molecule has 0 aliphatic heterocycles. The molecule has 1 fully saturated rings. The topological polar surface area (TPSA) is 34.1 Å². The first-order chi connectivity index (χ1) is 8.24. The highest BCUT2D eigenvalue weighted by Crippen LogP contribution is 2.28. The third-order valence-corrected chi connectivity index (χ3v) is 4.57. The summed E-state index contributed by atoms with van der Waals surface area (Å²) >= 11 is 1.85. The van der Waals surface area contributed by atoms with E-state index in [1.807, 2.05) is 11.3 Å². The van der Waals surface area contributed by atoms with Gasteiger partial charge in [0.05, 0.1) is 17.3 Å². The van der Waals surface area contributed by atoms with E-state index in [2.05, 4.69) is 19.2 Å². The Labute approximate surface area is 108 Å². The van der Waals surface area contributed by atoms with Gasteiger partial charge in [0.15, 0.2) is 0 Å². The summed E-state index contributed by atoms with van der Waals surface area (Å²) in [5.74, 6) is 0.560. The fraction of sp³-hybridized carbons (Fsp3) is 0.769. The second-order valence-corrected chi connectivity index (χ2v) is 5.93. The maximum absolute atomic E-state index is 5.23. The van der Waals surface area contributed by atoms with Crippen molar-refractivity contribution in [2.45, 2.75) is 58.2 Å². The van der Waals surface area contributed by atoms with Gasteiger partial charge in [-0.1, -0.05) is 13.8 Å². The van der Waals surface area contributed by atoms with Crippen LogP contribution in [0, 0.1) is 0 Å². The minimum absolute atomic E-state index is 0.560. The van der Waals surface area contributed by atoms with Gasteiger partial charge in [-0.2, -0.15) is 0 Å². The zero-order valence-electron chi connectivity index (χ0n) is 11.0. The molecule has 3 nitrogen and oxygen atoms in total. The lowest BCUT2D eigenvalue weighted by molar-refractivity contribution is 0.181. The molecule has 0 amide bonds. The highest BCUT2D eigenvalue weighted by molar-refractivity contribution is 7.11. The van der Waals surface area contributed by atoms with Gasteiger partial charge in [-0.25, -0.2) is 4.98 Å². The number of methoxy groups -OCH3 is 1. The summed E-state index contributed by atoms with van der Waals surface area (Å²) in [5, 5.41) is 4.81. The fourth-order valence-electron chi connectivity index (χ4n) is 1.70. The molecule has 96 valence electrons. The Balaban J connectivity index is 2.05. The van der Waals surface area contributed by atoms with Crippen LogP contribution in [0.5, 0.6) is 0 Å². The van der Waals surface area contributed by atoms with E-state index in [9.17, 15) is 0 Å². The molecule has 0 aromatic carbocycles. The SMILES string of the molecule is CCC(C)c1nc(COC)c(CNC2CC2)s1. The summed E-state index contributed by atoms with van der Waals surface area (Å²) in [6.45, 7) is 6.05. The Morgan fingerprint density at radius 3 is 2.88 bits per heavy atom. The van der Waals surface area contributed by atoms with Crippen LogP contribution in [0.4, 0.5) is 0 Å². The fourth-order valence-corrected chi connectivity index (χ4v) is 2.85. The summed E-state index contributed by atoms with van der Waals surface area (Å²) in [7, 11) is 1.74. The Hall–Kier alpha value is -0.450. The zero-order chi connectivity index (χ0) is 12.3. The molecule has 17 heavy (non-hydrogen) atoms. The smallest absolute Gasteiger partial charge is 0.0960 e. The first kappa shape index (κ1) is 13.0. The number of ether oxygens (including phenoxy) is 1. The average molecular weight is 254 g/mol. The van der Waals surface area contributed by atoms with Crippen molar-refractivity contribution in [1.82, 2.24) is 10.3 Å². The summed E-state index contributed by atoms with van der Waals surface area (Å²) < 4.78 is 5.23. The van der Waals surface area contributed by atoms with Gasteiger partial charge in [-0.15, -0.1) is 11.3 Å². The van der Waals surface area contributed by atoms with E-state index in [0.29, 0.717) is 12.5 Å². The molecule has 4 heteroatoms. The molecule has 1 saturated carbocycles. The van der Waals surface area contributed by atoms with Crippen molar-refractivity contribution in [2.75, 3.05) is 7.11 Å². The predicted octanol–water partition coefficient (Wildman–Crippen LogP) is 3.06. The third-order valence-electron chi connectivity index (χ3n) is 3.24. The van der Waals surface area contributed by atoms with Gasteiger partial charge < -0.3 is 10.1 Å². The summed E-state index contributed by atoms with van der Waals surface area (Å²) in [6, 6.07) is 0.750. The maximum Gasteiger partial charge on any atom is 0.0960 e. The van der Waals surface area contributed by atoms with E-state index in [0.717, 1.165) is 24.7 Å². The molecule has 0 bridgehead atoms. The Bertz CT molecular complexity index is 360. The number of rotatable bonds is 7. The lowest BCUT2D eigenvalue weighted by atomic mass is 10.1. The van der Waals surface area contributed by atoms with Gasteiger partial charge in [0.25, 0.3) is 0 Å². The van der Waals surface area contributed by atoms with Crippen molar-refractivity contribution in [3.63, 3.8) is 0 Å². The molecule has 1 N–H and O–H groups in total. The normalized spacial score (nSPS) is 17.4. The summed E-state index contributed by atoms with van der Waals surface area (Å²) in [5.41, 5.74) is 1.13. The number of hydrogen-bond donors (Lipinski definition) is 1. The monoisotopic (exact) mass is 254 g/mol. The van der Waals surface area contributed by atoms with Crippen molar-refractivity contribution >= 4 is 11.3 Å². The van der Waals surface area contributed by atoms with Gasteiger partial charge in [0.2, 0.25) is 0 Å². The molecular formula is C13H22N2OS. The largest absolute Gasteiger partial charge is 0.378 e. The van der Waals surface area contributed by atoms with Crippen LogP contribution in [0.2, 0.25) is 0 Å². The van der Waals surface area contributed by atoms with E-state index in [4.69, 9.17) is 9.72 Å². The molecular weight excluding hydrogens is 232 g/mol. The number of hydrogen-bond acceptors (Lipinski definition) is 4. The van der Waals surface area contributed by atoms with Crippen molar-refractivity contribution in [3.05, 3.63) is 15.6 Å². The predicted molar refractivity (Wildman–Crippen MR) is 71.4 cm³/mol. The van der Waals surface area contributed by atoms with Crippen LogP contribution in [0.25, 0.3) is 0 Å². The number of nitrogens with zero attached hydrogens (tertiary/aromatic N) is 1. The van der Waals surface area contributed by atoms with Gasteiger partial charge in [0.1, 0.15) is 0 Å². The second kappa shape index (κ2) is 5.94. The molecule has 1 aromatic rings. The van der Waals surface area contributed by atoms with Crippen LogP contribution in [-0.2, 0) is 17.9 Å². The molecule has 1 aliphatic rings. The Morgan fingerprint density at radius 1 is 1.53 bits per heavy atom. The standard InChI is InChI=1S/C13H22N2OS/c1-4-9(2)13-15-11(8-16-3)12(17-13)7-14-10-5-6-10/h9-10,14H,4-8H2,1-3H3. The molecule has 2 rings (SSSR count). The van der Waals surface area contributed by atoms with Crippen LogP contribution in [-0.4, -0.2) is 18.1 Å². The highest BCUT2D eigenvalue weighted by Gasteiger charge is 2.22. The third kappa shape index (κ3) is 3.50. The van der Waals surface area contributed by atoms with Crippen LogP contribution in [0.15, 0.2) is 0 Å². The van der Waals surface area contributed by atoms with Crippen LogP contribution < -0.4 is 5.32 Å². The molecule has 0 saturated heterocycles. The van der Waals surface area contributed by atoms with Crippen molar-refractivity contribution in [1.29, 1.82) is 0 Å². The van der Waals surface area contributed by atoms with E-state index < -0.39 is 0 Å². The van der Waals surface area contributed by atoms with Crippen LogP contribution in [0.1, 0.15) is 54.6 Å².